The van der Waals surface area contributed by atoms with Crippen molar-refractivity contribution in [2.24, 2.45) is 17.1 Å². The molecule has 248 valence electrons. The van der Waals surface area contributed by atoms with E-state index in [1.165, 1.54) is 0 Å². The summed E-state index contributed by atoms with van der Waals surface area (Å²) in [5.74, 6) is -1.32. The highest BCUT2D eigenvalue weighted by atomic mass is 16.7. The van der Waals surface area contributed by atoms with Crippen molar-refractivity contribution in [3.63, 3.8) is 0 Å². The Morgan fingerprint density at radius 3 is 2.11 bits per heavy atom. The fourth-order valence-electron chi connectivity index (χ4n) is 4.21. The molecular formula is C33H54N4O7. The number of rotatable bonds is 21. The minimum atomic E-state index is -0.892. The van der Waals surface area contributed by atoms with E-state index in [2.05, 4.69) is 22.9 Å². The first kappa shape index (κ1) is 38.4. The van der Waals surface area contributed by atoms with Crippen LogP contribution in [0.2, 0.25) is 0 Å². The molecule has 1 rings (SSSR count). The van der Waals surface area contributed by atoms with E-state index in [1.807, 2.05) is 13.8 Å². The molecule has 0 aliphatic heterocycles. The summed E-state index contributed by atoms with van der Waals surface area (Å²) in [6, 6.07) is 5.30. The number of hydrogen-bond acceptors (Lipinski definition) is 7. The molecule has 0 fully saturated rings. The molecule has 0 saturated carbocycles. The van der Waals surface area contributed by atoms with Gasteiger partial charge in [-0.05, 0) is 63.6 Å². The van der Waals surface area contributed by atoms with E-state index in [9.17, 15) is 24.0 Å². The summed E-state index contributed by atoms with van der Waals surface area (Å²) in [7, 11) is 0. The highest BCUT2D eigenvalue weighted by Crippen LogP contribution is 2.17. The molecule has 0 aliphatic carbocycles. The van der Waals surface area contributed by atoms with Gasteiger partial charge in [0.15, 0.2) is 0 Å². The average molecular weight is 619 g/mol. The van der Waals surface area contributed by atoms with Gasteiger partial charge in [0, 0.05) is 25.8 Å². The molecule has 0 heterocycles. The number of benzene rings is 1. The van der Waals surface area contributed by atoms with Gasteiger partial charge in [-0.1, -0.05) is 58.6 Å². The van der Waals surface area contributed by atoms with Gasteiger partial charge in [-0.3, -0.25) is 24.0 Å². The summed E-state index contributed by atoms with van der Waals surface area (Å²) in [5.41, 5.74) is 5.32. The molecule has 5 N–H and O–H groups in total. The molecular weight excluding hydrogens is 564 g/mol. The minimum Gasteiger partial charge on any atom is -0.457 e. The number of esters is 1. The Balaban J connectivity index is 2.92. The SMILES string of the molecule is CCCCCC(=O)NC(Cc1ccc(OCOC(=O)C(C)(C)C)cc1)C(=O)NC(C(=O)NCCCCCC(N)=O)C(C)CC. The van der Waals surface area contributed by atoms with Crippen LogP contribution >= 0.6 is 0 Å². The van der Waals surface area contributed by atoms with Gasteiger partial charge in [-0.15, -0.1) is 0 Å². The van der Waals surface area contributed by atoms with Gasteiger partial charge in [0.2, 0.25) is 30.4 Å². The Morgan fingerprint density at radius 2 is 1.52 bits per heavy atom. The van der Waals surface area contributed by atoms with Crippen LogP contribution in [0, 0.1) is 11.3 Å². The van der Waals surface area contributed by atoms with Crippen LogP contribution in [-0.4, -0.2) is 55.0 Å². The highest BCUT2D eigenvalue weighted by molar-refractivity contribution is 5.92. The number of carbonyl (C=O) groups is 5. The molecule has 0 spiro atoms. The van der Waals surface area contributed by atoms with Crippen molar-refractivity contribution >= 4 is 29.6 Å². The zero-order valence-electron chi connectivity index (χ0n) is 27.5. The highest BCUT2D eigenvalue weighted by Gasteiger charge is 2.30. The standard InChI is InChI=1S/C33H54N4O7/c1-7-9-11-15-28(39)36-26(21-24-16-18-25(19-17-24)43-22-44-32(42)33(4,5)6)30(40)37-29(23(3)8-2)31(41)35-20-13-10-12-14-27(34)38/h16-19,23,26,29H,7-15,20-22H2,1-6H3,(H2,34,38)(H,35,41)(H,36,39)(H,37,40). The number of carbonyl (C=O) groups excluding carboxylic acids is 5. The van der Waals surface area contributed by atoms with E-state index in [1.54, 1.807) is 45.0 Å². The zero-order chi connectivity index (χ0) is 33.1. The maximum atomic E-state index is 13.6. The van der Waals surface area contributed by atoms with Gasteiger partial charge in [0.1, 0.15) is 17.8 Å². The van der Waals surface area contributed by atoms with Crippen LogP contribution in [0.5, 0.6) is 5.75 Å². The number of nitrogens with one attached hydrogen (secondary N) is 3. The van der Waals surface area contributed by atoms with Crippen molar-refractivity contribution in [2.45, 2.75) is 118 Å². The second-order valence-electron chi connectivity index (χ2n) is 12.3. The monoisotopic (exact) mass is 618 g/mol. The fraction of sp³-hybridized carbons (Fsp3) is 0.667. The van der Waals surface area contributed by atoms with E-state index in [4.69, 9.17) is 15.2 Å². The smallest absolute Gasteiger partial charge is 0.314 e. The largest absolute Gasteiger partial charge is 0.457 e. The third kappa shape index (κ3) is 15.7. The van der Waals surface area contributed by atoms with Crippen molar-refractivity contribution in [3.8, 4) is 5.75 Å². The Bertz CT molecular complexity index is 1050. The predicted molar refractivity (Wildman–Crippen MR) is 169 cm³/mol. The average Bonchev–Trinajstić information content (AvgIpc) is 2.96. The summed E-state index contributed by atoms with van der Waals surface area (Å²) in [6.45, 7) is 11.4. The van der Waals surface area contributed by atoms with E-state index >= 15 is 0 Å². The number of hydrogen-bond donors (Lipinski definition) is 4. The summed E-state index contributed by atoms with van der Waals surface area (Å²) in [6.07, 6.45) is 6.20. The molecule has 0 bridgehead atoms. The molecule has 44 heavy (non-hydrogen) atoms. The van der Waals surface area contributed by atoms with Gasteiger partial charge in [-0.2, -0.15) is 0 Å². The molecule has 0 aromatic heterocycles. The van der Waals surface area contributed by atoms with E-state index in [0.717, 1.165) is 31.2 Å². The van der Waals surface area contributed by atoms with Gasteiger partial charge in [0.05, 0.1) is 5.41 Å². The summed E-state index contributed by atoms with van der Waals surface area (Å²) in [5, 5.41) is 8.65. The molecule has 11 heteroatoms. The van der Waals surface area contributed by atoms with Crippen LogP contribution in [0.1, 0.15) is 105 Å². The quantitative estimate of drug-likeness (QED) is 0.0921. The predicted octanol–water partition coefficient (Wildman–Crippen LogP) is 3.91. The first-order chi connectivity index (χ1) is 20.8. The number of ether oxygens (including phenoxy) is 2. The Labute approximate surface area is 262 Å². The van der Waals surface area contributed by atoms with E-state index in [-0.39, 0.29) is 42.8 Å². The Hall–Kier alpha value is -3.63. The molecule has 4 amide bonds. The van der Waals surface area contributed by atoms with Crippen molar-refractivity contribution in [2.75, 3.05) is 13.3 Å². The fourth-order valence-corrected chi connectivity index (χ4v) is 4.21. The maximum absolute atomic E-state index is 13.6. The summed E-state index contributed by atoms with van der Waals surface area (Å²) in [4.78, 5) is 62.2. The molecule has 1 aromatic carbocycles. The van der Waals surface area contributed by atoms with Crippen LogP contribution < -0.4 is 26.4 Å². The van der Waals surface area contributed by atoms with Crippen LogP contribution in [0.15, 0.2) is 24.3 Å². The summed E-state index contributed by atoms with van der Waals surface area (Å²) >= 11 is 0. The third-order valence-corrected chi connectivity index (χ3v) is 7.24. The van der Waals surface area contributed by atoms with Gasteiger partial charge in [0.25, 0.3) is 0 Å². The lowest BCUT2D eigenvalue weighted by Gasteiger charge is -2.27. The number of unbranched alkanes of at least 4 members (excludes halogenated alkanes) is 4. The topological polar surface area (TPSA) is 166 Å². The molecule has 0 radical (unpaired) electrons. The number of amides is 4. The number of primary amides is 1. The van der Waals surface area contributed by atoms with Crippen LogP contribution in [0.3, 0.4) is 0 Å². The second kappa shape index (κ2) is 20.3. The Kier molecular flexibility index (Phi) is 17.8. The van der Waals surface area contributed by atoms with Crippen LogP contribution in [0.4, 0.5) is 0 Å². The van der Waals surface area contributed by atoms with Crippen molar-refractivity contribution in [1.29, 1.82) is 0 Å². The van der Waals surface area contributed by atoms with Crippen LogP contribution in [0.25, 0.3) is 0 Å². The third-order valence-electron chi connectivity index (χ3n) is 7.24. The van der Waals surface area contributed by atoms with E-state index < -0.39 is 23.4 Å². The van der Waals surface area contributed by atoms with Crippen molar-refractivity contribution < 1.29 is 33.4 Å². The van der Waals surface area contributed by atoms with Gasteiger partial charge >= 0.3 is 5.97 Å². The van der Waals surface area contributed by atoms with E-state index in [0.29, 0.717) is 44.4 Å². The molecule has 1 aromatic rings. The lowest BCUT2D eigenvalue weighted by molar-refractivity contribution is -0.159. The lowest BCUT2D eigenvalue weighted by atomic mass is 9.97. The molecule has 11 nitrogen and oxygen atoms in total. The van der Waals surface area contributed by atoms with Crippen molar-refractivity contribution in [3.05, 3.63) is 29.8 Å². The molecule has 0 saturated heterocycles. The zero-order valence-corrected chi connectivity index (χ0v) is 27.5. The number of nitrogens with two attached hydrogens (primary N) is 1. The normalized spacial score (nSPS) is 13.2. The lowest BCUT2D eigenvalue weighted by Crippen LogP contribution is -2.56. The van der Waals surface area contributed by atoms with Gasteiger partial charge < -0.3 is 31.2 Å². The Morgan fingerprint density at radius 1 is 0.864 bits per heavy atom. The second-order valence-corrected chi connectivity index (χ2v) is 12.3. The van der Waals surface area contributed by atoms with Crippen LogP contribution in [-0.2, 0) is 35.1 Å². The molecule has 3 unspecified atom stereocenters. The minimum absolute atomic E-state index is 0.140. The van der Waals surface area contributed by atoms with Crippen molar-refractivity contribution in [1.82, 2.24) is 16.0 Å². The summed E-state index contributed by atoms with van der Waals surface area (Å²) < 4.78 is 10.7. The maximum Gasteiger partial charge on any atom is 0.314 e. The van der Waals surface area contributed by atoms with Gasteiger partial charge in [-0.25, -0.2) is 0 Å². The molecule has 0 aliphatic rings. The first-order valence-electron chi connectivity index (χ1n) is 15.8. The first-order valence-corrected chi connectivity index (χ1v) is 15.8. The molecule has 3 atom stereocenters.